The molecule has 0 saturated heterocycles. The van der Waals surface area contributed by atoms with Crippen LogP contribution < -0.4 is 20.7 Å². The Labute approximate surface area is 212 Å². The minimum absolute atomic E-state index is 0.363. The van der Waals surface area contributed by atoms with E-state index in [1.54, 1.807) is 30.3 Å². The smallest absolute Gasteiger partial charge is 0.349 e. The number of rotatable bonds is 7. The van der Waals surface area contributed by atoms with Crippen molar-refractivity contribution in [2.24, 2.45) is 5.10 Å². The molecule has 0 radical (unpaired) electrons. The number of nitrogens with one attached hydrogen (secondary N) is 1. The van der Waals surface area contributed by atoms with Gasteiger partial charge in [-0.15, -0.1) is 4.68 Å². The first-order valence-electron chi connectivity index (χ1n) is 10.5. The van der Waals surface area contributed by atoms with E-state index in [0.717, 1.165) is 15.8 Å². The van der Waals surface area contributed by atoms with Crippen molar-refractivity contribution >= 4 is 49.0 Å². The molecule has 4 rings (SSSR count). The molecule has 9 heteroatoms. The Balaban J connectivity index is 1.71. The zero-order chi connectivity index (χ0) is 24.2. The van der Waals surface area contributed by atoms with Gasteiger partial charge in [0.05, 0.1) is 28.2 Å². The minimum Gasteiger partial charge on any atom is -0.490 e. The first-order chi connectivity index (χ1) is 16.4. The van der Waals surface area contributed by atoms with Gasteiger partial charge in [0.25, 0.3) is 5.56 Å². The fraction of sp³-hybridized carbons (Fsp3) is 0.160. The second-order valence-electron chi connectivity index (χ2n) is 7.47. The second-order valence-corrected chi connectivity index (χ2v) is 9.06. The van der Waals surface area contributed by atoms with Gasteiger partial charge in [0.2, 0.25) is 0 Å². The number of aromatic nitrogens is 2. The molecule has 34 heavy (non-hydrogen) atoms. The zero-order valence-electron chi connectivity index (χ0n) is 18.5. The predicted molar refractivity (Wildman–Crippen MR) is 140 cm³/mol. The standard InChI is InChI=1S/C25H21Br2N3O4/c1-3-33-20-12-17(13-28-30-24(31)18-9-4-5-10-19(18)29-25(30)32)21(26)22(27)23(20)34-14-16-8-6-7-15(2)11-16/h4-13H,3,14H2,1-2H3,(H,29,32). The number of ether oxygens (including phenoxy) is 2. The highest BCUT2D eigenvalue weighted by Gasteiger charge is 2.17. The lowest BCUT2D eigenvalue weighted by Gasteiger charge is -2.16. The number of aryl methyl sites for hydroxylation is 1. The number of hydrogen-bond acceptors (Lipinski definition) is 5. The predicted octanol–water partition coefficient (Wildman–Crippen LogP) is 5.38. The van der Waals surface area contributed by atoms with E-state index in [1.165, 1.54) is 6.21 Å². The Bertz CT molecular complexity index is 1510. The van der Waals surface area contributed by atoms with Crippen LogP contribution in [0, 0.1) is 6.92 Å². The van der Waals surface area contributed by atoms with Gasteiger partial charge >= 0.3 is 5.69 Å². The highest BCUT2D eigenvalue weighted by atomic mass is 79.9. The van der Waals surface area contributed by atoms with Gasteiger partial charge in [0.1, 0.15) is 6.61 Å². The van der Waals surface area contributed by atoms with Gasteiger partial charge in [-0.05, 0) is 69.5 Å². The molecule has 4 aromatic rings. The van der Waals surface area contributed by atoms with E-state index in [9.17, 15) is 9.59 Å². The lowest BCUT2D eigenvalue weighted by molar-refractivity contribution is 0.267. The maximum Gasteiger partial charge on any atom is 0.349 e. The van der Waals surface area contributed by atoms with Crippen LogP contribution in [0.25, 0.3) is 10.9 Å². The van der Waals surface area contributed by atoms with Crippen LogP contribution in [-0.2, 0) is 6.61 Å². The Morgan fingerprint density at radius 1 is 1.03 bits per heavy atom. The maximum absolute atomic E-state index is 12.8. The third kappa shape index (κ3) is 5.00. The molecule has 1 heterocycles. The normalized spacial score (nSPS) is 11.3. The van der Waals surface area contributed by atoms with Crippen LogP contribution in [0.2, 0.25) is 0 Å². The Kier molecular flexibility index (Phi) is 7.33. The number of fused-ring (bicyclic) bond motifs is 1. The maximum atomic E-state index is 12.8. The molecule has 0 bridgehead atoms. The van der Waals surface area contributed by atoms with Crippen molar-refractivity contribution in [3.05, 3.63) is 101 Å². The number of H-pyrrole nitrogens is 1. The Morgan fingerprint density at radius 3 is 2.59 bits per heavy atom. The van der Waals surface area contributed by atoms with Crippen molar-refractivity contribution in [3.63, 3.8) is 0 Å². The number of halogens is 2. The van der Waals surface area contributed by atoms with Gasteiger partial charge < -0.3 is 14.5 Å². The molecule has 3 aromatic carbocycles. The summed E-state index contributed by atoms with van der Waals surface area (Å²) in [6, 6.07) is 16.6. The summed E-state index contributed by atoms with van der Waals surface area (Å²) in [5.41, 5.74) is 2.11. The van der Waals surface area contributed by atoms with Crippen LogP contribution in [0.5, 0.6) is 11.5 Å². The number of nitrogens with zero attached hydrogens (tertiary/aromatic N) is 2. The summed E-state index contributed by atoms with van der Waals surface area (Å²) in [5.74, 6) is 1.04. The fourth-order valence-electron chi connectivity index (χ4n) is 3.43. The van der Waals surface area contributed by atoms with E-state index in [-0.39, 0.29) is 0 Å². The first kappa shape index (κ1) is 24.0. The molecule has 0 fully saturated rings. The molecule has 0 unspecified atom stereocenters. The molecule has 0 aliphatic carbocycles. The van der Waals surface area contributed by atoms with Gasteiger partial charge in [-0.1, -0.05) is 42.0 Å². The van der Waals surface area contributed by atoms with Crippen LogP contribution in [0.3, 0.4) is 0 Å². The zero-order valence-corrected chi connectivity index (χ0v) is 21.6. The Morgan fingerprint density at radius 2 is 1.82 bits per heavy atom. The monoisotopic (exact) mass is 585 g/mol. The molecule has 0 aliphatic rings. The van der Waals surface area contributed by atoms with Gasteiger partial charge in [-0.2, -0.15) is 5.10 Å². The number of aromatic amines is 1. The van der Waals surface area contributed by atoms with E-state index in [4.69, 9.17) is 9.47 Å². The molecule has 174 valence electrons. The molecular formula is C25H21Br2N3O4. The molecule has 0 atom stereocenters. The average molecular weight is 587 g/mol. The van der Waals surface area contributed by atoms with Crippen LogP contribution in [-0.4, -0.2) is 22.5 Å². The third-order valence-electron chi connectivity index (χ3n) is 5.02. The summed E-state index contributed by atoms with van der Waals surface area (Å²) in [6.45, 7) is 4.70. The van der Waals surface area contributed by atoms with Gasteiger partial charge in [0, 0.05) is 10.0 Å². The summed E-state index contributed by atoms with van der Waals surface area (Å²) in [5, 5.41) is 4.52. The van der Waals surface area contributed by atoms with Gasteiger partial charge in [0.15, 0.2) is 11.5 Å². The summed E-state index contributed by atoms with van der Waals surface area (Å²) in [4.78, 5) is 27.8. The van der Waals surface area contributed by atoms with E-state index in [2.05, 4.69) is 48.0 Å². The van der Waals surface area contributed by atoms with Gasteiger partial charge in [-0.25, -0.2) is 4.79 Å². The molecule has 7 nitrogen and oxygen atoms in total. The average Bonchev–Trinajstić information content (AvgIpc) is 2.82. The third-order valence-corrected chi connectivity index (χ3v) is 7.16. The van der Waals surface area contributed by atoms with E-state index in [0.29, 0.717) is 50.1 Å². The number of benzene rings is 3. The minimum atomic E-state index is -0.627. The SMILES string of the molecule is CCOc1cc(C=Nn2c(=O)[nH]c3ccccc3c2=O)c(Br)c(Br)c1OCc1cccc(C)c1. The second kappa shape index (κ2) is 10.4. The highest BCUT2D eigenvalue weighted by molar-refractivity contribution is 9.13. The molecular weight excluding hydrogens is 566 g/mol. The lowest BCUT2D eigenvalue weighted by Crippen LogP contribution is -2.32. The van der Waals surface area contributed by atoms with Crippen LogP contribution in [0.4, 0.5) is 0 Å². The highest BCUT2D eigenvalue weighted by Crippen LogP contribution is 2.42. The molecule has 1 aromatic heterocycles. The lowest BCUT2D eigenvalue weighted by atomic mass is 10.1. The molecule has 0 spiro atoms. The van der Waals surface area contributed by atoms with Crippen molar-refractivity contribution in [3.8, 4) is 11.5 Å². The van der Waals surface area contributed by atoms with Crippen molar-refractivity contribution in [1.82, 2.24) is 9.66 Å². The van der Waals surface area contributed by atoms with Crippen LogP contribution in [0.1, 0.15) is 23.6 Å². The van der Waals surface area contributed by atoms with Gasteiger partial charge in [-0.3, -0.25) is 4.79 Å². The molecule has 1 N–H and O–H groups in total. The van der Waals surface area contributed by atoms with Crippen molar-refractivity contribution < 1.29 is 9.47 Å². The summed E-state index contributed by atoms with van der Waals surface area (Å²) >= 11 is 7.14. The largest absolute Gasteiger partial charge is 0.490 e. The number of hydrogen-bond donors (Lipinski definition) is 1. The quantitative estimate of drug-likeness (QED) is 0.295. The summed E-state index contributed by atoms with van der Waals surface area (Å²) in [6.07, 6.45) is 1.42. The van der Waals surface area contributed by atoms with E-state index in [1.807, 2.05) is 32.0 Å². The molecule has 0 amide bonds. The van der Waals surface area contributed by atoms with Crippen molar-refractivity contribution in [2.75, 3.05) is 6.61 Å². The Hall–Kier alpha value is -3.17. The molecule has 0 saturated carbocycles. The topological polar surface area (TPSA) is 85.7 Å². The fourth-order valence-corrected chi connectivity index (χ4v) is 4.37. The number of para-hydroxylation sites is 1. The van der Waals surface area contributed by atoms with Crippen molar-refractivity contribution in [2.45, 2.75) is 20.5 Å². The summed E-state index contributed by atoms with van der Waals surface area (Å²) in [7, 11) is 0. The van der Waals surface area contributed by atoms with Crippen LogP contribution in [0.15, 0.2) is 78.2 Å². The van der Waals surface area contributed by atoms with Crippen molar-refractivity contribution in [1.29, 1.82) is 0 Å². The van der Waals surface area contributed by atoms with E-state index >= 15 is 0 Å². The first-order valence-corrected chi connectivity index (χ1v) is 12.1. The van der Waals surface area contributed by atoms with Crippen LogP contribution >= 0.6 is 31.9 Å². The van der Waals surface area contributed by atoms with E-state index < -0.39 is 11.2 Å². The summed E-state index contributed by atoms with van der Waals surface area (Å²) < 4.78 is 14.0. The molecule has 0 aliphatic heterocycles.